The minimum atomic E-state index is -0.468. The van der Waals surface area contributed by atoms with Gasteiger partial charge in [-0.2, -0.15) is 0 Å². The SMILES string of the molecule is C[C@H](O)c1cccc(OCCOC(C)(C)C)c1. The Morgan fingerprint density at radius 3 is 2.53 bits per heavy atom. The van der Waals surface area contributed by atoms with Gasteiger partial charge in [0.1, 0.15) is 12.4 Å². The van der Waals surface area contributed by atoms with Crippen LogP contribution < -0.4 is 4.74 Å². The van der Waals surface area contributed by atoms with E-state index < -0.39 is 6.10 Å². The highest BCUT2D eigenvalue weighted by Gasteiger charge is 2.09. The first kappa shape index (κ1) is 14.0. The lowest BCUT2D eigenvalue weighted by Gasteiger charge is -2.19. The molecule has 0 radical (unpaired) electrons. The Bertz CT molecular complexity index is 340. The Morgan fingerprint density at radius 2 is 1.94 bits per heavy atom. The molecule has 1 aromatic carbocycles. The van der Waals surface area contributed by atoms with Crippen LogP contribution in [0, 0.1) is 0 Å². The number of benzene rings is 1. The van der Waals surface area contributed by atoms with Crippen LogP contribution in [0.4, 0.5) is 0 Å². The maximum Gasteiger partial charge on any atom is 0.119 e. The fraction of sp³-hybridized carbons (Fsp3) is 0.571. The molecule has 0 saturated carbocycles. The maximum atomic E-state index is 9.45. The first-order chi connectivity index (χ1) is 7.88. The van der Waals surface area contributed by atoms with Crippen LogP contribution in [-0.2, 0) is 4.74 Å². The molecule has 0 aliphatic carbocycles. The molecule has 1 rings (SSSR count). The summed E-state index contributed by atoms with van der Waals surface area (Å²) in [6.45, 7) is 8.86. The van der Waals surface area contributed by atoms with E-state index in [0.717, 1.165) is 11.3 Å². The van der Waals surface area contributed by atoms with E-state index in [0.29, 0.717) is 13.2 Å². The van der Waals surface area contributed by atoms with Gasteiger partial charge in [-0.3, -0.25) is 0 Å². The molecule has 0 aliphatic rings. The summed E-state index contributed by atoms with van der Waals surface area (Å²) in [6.07, 6.45) is -0.468. The number of aliphatic hydroxyl groups excluding tert-OH is 1. The molecule has 0 fully saturated rings. The molecule has 0 amide bonds. The van der Waals surface area contributed by atoms with Crippen molar-refractivity contribution in [3.8, 4) is 5.75 Å². The molecule has 96 valence electrons. The second-order valence-electron chi connectivity index (χ2n) is 5.06. The van der Waals surface area contributed by atoms with Gasteiger partial charge in [0, 0.05) is 0 Å². The van der Waals surface area contributed by atoms with Gasteiger partial charge in [0.05, 0.1) is 18.3 Å². The molecular formula is C14H22O3. The lowest BCUT2D eigenvalue weighted by atomic mass is 10.1. The molecule has 0 heterocycles. The second kappa shape index (κ2) is 6.03. The molecule has 1 N–H and O–H groups in total. The summed E-state index contributed by atoms with van der Waals surface area (Å²) in [7, 11) is 0. The van der Waals surface area contributed by atoms with Crippen LogP contribution in [0.2, 0.25) is 0 Å². The predicted octanol–water partition coefficient (Wildman–Crippen LogP) is 2.93. The van der Waals surface area contributed by atoms with Gasteiger partial charge in [-0.15, -0.1) is 0 Å². The summed E-state index contributed by atoms with van der Waals surface area (Å²) < 4.78 is 11.1. The van der Waals surface area contributed by atoms with Crippen LogP contribution in [0.15, 0.2) is 24.3 Å². The Labute approximate surface area is 103 Å². The Kier molecular flexibility index (Phi) is 4.97. The normalized spacial score (nSPS) is 13.5. The Balaban J connectivity index is 2.39. The standard InChI is InChI=1S/C14H22O3/c1-11(15)12-6-5-7-13(10-12)16-8-9-17-14(2,3)4/h5-7,10-11,15H,8-9H2,1-4H3/t11-/m0/s1. The third kappa shape index (κ3) is 5.71. The van der Waals surface area contributed by atoms with Crippen molar-refractivity contribution < 1.29 is 14.6 Å². The van der Waals surface area contributed by atoms with Crippen molar-refractivity contribution >= 4 is 0 Å². The number of ether oxygens (including phenoxy) is 2. The highest BCUT2D eigenvalue weighted by atomic mass is 16.5. The molecule has 1 atom stereocenters. The monoisotopic (exact) mass is 238 g/mol. The molecule has 3 nitrogen and oxygen atoms in total. The van der Waals surface area contributed by atoms with E-state index in [1.807, 2.05) is 45.0 Å². The topological polar surface area (TPSA) is 38.7 Å². The first-order valence-electron chi connectivity index (χ1n) is 5.93. The van der Waals surface area contributed by atoms with Crippen LogP contribution in [0.25, 0.3) is 0 Å². The van der Waals surface area contributed by atoms with E-state index in [1.165, 1.54) is 0 Å². The van der Waals surface area contributed by atoms with Crippen molar-refractivity contribution in [1.82, 2.24) is 0 Å². The zero-order valence-electron chi connectivity index (χ0n) is 11.1. The zero-order chi connectivity index (χ0) is 12.9. The highest BCUT2D eigenvalue weighted by molar-refractivity contribution is 5.29. The number of hydrogen-bond acceptors (Lipinski definition) is 3. The number of rotatable bonds is 5. The van der Waals surface area contributed by atoms with Crippen LogP contribution >= 0.6 is 0 Å². The van der Waals surface area contributed by atoms with Gasteiger partial charge >= 0.3 is 0 Å². The van der Waals surface area contributed by atoms with Crippen molar-refractivity contribution in [2.24, 2.45) is 0 Å². The summed E-state index contributed by atoms with van der Waals surface area (Å²) in [5.41, 5.74) is 0.726. The molecular weight excluding hydrogens is 216 g/mol. The molecule has 0 aliphatic heterocycles. The Hall–Kier alpha value is -1.06. The quantitative estimate of drug-likeness (QED) is 0.802. The lowest BCUT2D eigenvalue weighted by Crippen LogP contribution is -2.22. The van der Waals surface area contributed by atoms with E-state index >= 15 is 0 Å². The number of hydrogen-bond donors (Lipinski definition) is 1. The molecule has 3 heteroatoms. The fourth-order valence-corrected chi connectivity index (χ4v) is 1.37. The van der Waals surface area contributed by atoms with Crippen molar-refractivity contribution in [2.45, 2.75) is 39.4 Å². The second-order valence-corrected chi connectivity index (χ2v) is 5.06. The summed E-state index contributed by atoms with van der Waals surface area (Å²) in [4.78, 5) is 0. The van der Waals surface area contributed by atoms with Crippen LogP contribution in [0.5, 0.6) is 5.75 Å². The van der Waals surface area contributed by atoms with Crippen molar-refractivity contribution in [1.29, 1.82) is 0 Å². The molecule has 0 saturated heterocycles. The molecule has 1 aromatic rings. The summed E-state index contributed by atoms with van der Waals surface area (Å²) in [5.74, 6) is 0.765. The number of aliphatic hydroxyl groups is 1. The molecule has 0 spiro atoms. The first-order valence-corrected chi connectivity index (χ1v) is 5.93. The van der Waals surface area contributed by atoms with Gasteiger partial charge in [-0.1, -0.05) is 12.1 Å². The van der Waals surface area contributed by atoms with Gasteiger partial charge in [0.2, 0.25) is 0 Å². The largest absolute Gasteiger partial charge is 0.491 e. The van der Waals surface area contributed by atoms with Gasteiger partial charge in [-0.25, -0.2) is 0 Å². The third-order valence-corrected chi connectivity index (χ3v) is 2.23. The van der Waals surface area contributed by atoms with Crippen molar-refractivity contribution in [3.63, 3.8) is 0 Å². The highest BCUT2D eigenvalue weighted by Crippen LogP contribution is 2.18. The molecule has 17 heavy (non-hydrogen) atoms. The molecule has 0 aromatic heterocycles. The minimum Gasteiger partial charge on any atom is -0.491 e. The predicted molar refractivity (Wildman–Crippen MR) is 68.3 cm³/mol. The molecule has 0 bridgehead atoms. The van der Waals surface area contributed by atoms with Crippen LogP contribution in [0.1, 0.15) is 39.4 Å². The summed E-state index contributed by atoms with van der Waals surface area (Å²) in [5, 5.41) is 9.45. The average molecular weight is 238 g/mol. The van der Waals surface area contributed by atoms with Crippen molar-refractivity contribution in [3.05, 3.63) is 29.8 Å². The van der Waals surface area contributed by atoms with Gasteiger partial charge in [-0.05, 0) is 45.4 Å². The molecule has 0 unspecified atom stereocenters. The van der Waals surface area contributed by atoms with E-state index in [4.69, 9.17) is 9.47 Å². The van der Waals surface area contributed by atoms with E-state index in [-0.39, 0.29) is 5.60 Å². The fourth-order valence-electron chi connectivity index (χ4n) is 1.37. The zero-order valence-corrected chi connectivity index (χ0v) is 11.1. The van der Waals surface area contributed by atoms with E-state index in [9.17, 15) is 5.11 Å². The van der Waals surface area contributed by atoms with Gasteiger partial charge in [0.25, 0.3) is 0 Å². The van der Waals surface area contributed by atoms with E-state index in [1.54, 1.807) is 6.92 Å². The summed E-state index contributed by atoms with van der Waals surface area (Å²) in [6, 6.07) is 7.48. The van der Waals surface area contributed by atoms with Gasteiger partial charge in [0.15, 0.2) is 0 Å². The maximum absolute atomic E-state index is 9.45. The van der Waals surface area contributed by atoms with Gasteiger partial charge < -0.3 is 14.6 Å². The van der Waals surface area contributed by atoms with Crippen LogP contribution in [0.3, 0.4) is 0 Å². The van der Waals surface area contributed by atoms with Crippen LogP contribution in [-0.4, -0.2) is 23.9 Å². The third-order valence-electron chi connectivity index (χ3n) is 2.23. The van der Waals surface area contributed by atoms with E-state index in [2.05, 4.69) is 0 Å². The lowest BCUT2D eigenvalue weighted by molar-refractivity contribution is -0.0163. The van der Waals surface area contributed by atoms with Crippen molar-refractivity contribution in [2.75, 3.05) is 13.2 Å². The smallest absolute Gasteiger partial charge is 0.119 e. The Morgan fingerprint density at radius 1 is 1.24 bits per heavy atom. The minimum absolute atomic E-state index is 0.134. The summed E-state index contributed by atoms with van der Waals surface area (Å²) >= 11 is 0. The average Bonchev–Trinajstić information content (AvgIpc) is 2.23.